The van der Waals surface area contributed by atoms with Crippen molar-refractivity contribution in [3.8, 4) is 0 Å². The zero-order chi connectivity index (χ0) is 6.69. The summed E-state index contributed by atoms with van der Waals surface area (Å²) >= 11 is 0. The van der Waals surface area contributed by atoms with Gasteiger partial charge in [0.25, 0.3) is 0 Å². The maximum Gasteiger partial charge on any atom is 0.337 e. The summed E-state index contributed by atoms with van der Waals surface area (Å²) in [6.07, 6.45) is 2.10. The van der Waals surface area contributed by atoms with Crippen molar-refractivity contribution < 1.29 is 14.3 Å². The van der Waals surface area contributed by atoms with E-state index in [-0.39, 0.29) is 5.97 Å². The van der Waals surface area contributed by atoms with Gasteiger partial charge in [-0.25, -0.2) is 4.79 Å². The number of methoxy groups -OCH3 is 1. The molecule has 1 fully saturated rings. The van der Waals surface area contributed by atoms with Crippen molar-refractivity contribution in [1.82, 2.24) is 0 Å². The number of cyclic esters (lactones) is 1. The predicted molar refractivity (Wildman–Crippen MR) is 30.7 cm³/mol. The normalized spacial score (nSPS) is 22.3. The van der Waals surface area contributed by atoms with Crippen molar-refractivity contribution in [2.75, 3.05) is 13.7 Å². The van der Waals surface area contributed by atoms with Crippen LogP contribution in [0.4, 0.5) is 0 Å². The molecule has 0 aromatic carbocycles. The molecule has 9 heavy (non-hydrogen) atoms. The highest BCUT2D eigenvalue weighted by atomic mass is 16.5. The molecule has 0 atom stereocenters. The number of carbonyl (C=O) groups excluding carboxylic acids is 1. The molecule has 1 aliphatic heterocycles. The molecule has 0 unspecified atom stereocenters. The molecule has 0 radical (unpaired) electrons. The number of hydrogen-bond acceptors (Lipinski definition) is 3. The Kier molecular flexibility index (Phi) is 1.72. The van der Waals surface area contributed by atoms with Gasteiger partial charge in [-0.2, -0.15) is 0 Å². The van der Waals surface area contributed by atoms with E-state index in [1.807, 2.05) is 0 Å². The molecule has 0 bridgehead atoms. The first-order valence-electron chi connectivity index (χ1n) is 2.73. The topological polar surface area (TPSA) is 35.5 Å². The molecule has 3 nitrogen and oxygen atoms in total. The van der Waals surface area contributed by atoms with Crippen LogP contribution < -0.4 is 0 Å². The summed E-state index contributed by atoms with van der Waals surface area (Å²) in [5.41, 5.74) is 0.623. The van der Waals surface area contributed by atoms with E-state index in [2.05, 4.69) is 9.47 Å². The summed E-state index contributed by atoms with van der Waals surface area (Å²) in [6, 6.07) is 0. The molecule has 50 valence electrons. The number of rotatable bonds is 1. The minimum Gasteiger partial charge on any atom is -0.504 e. The van der Waals surface area contributed by atoms with Crippen molar-refractivity contribution in [2.24, 2.45) is 0 Å². The number of ether oxygens (including phenoxy) is 2. The van der Waals surface area contributed by atoms with Gasteiger partial charge in [0.2, 0.25) is 0 Å². The molecule has 0 saturated carbocycles. The van der Waals surface area contributed by atoms with Gasteiger partial charge in [0.15, 0.2) is 0 Å². The summed E-state index contributed by atoms with van der Waals surface area (Å²) in [7, 11) is 1.51. The third kappa shape index (κ3) is 1.22. The average Bonchev–Trinajstić information content (AvgIpc) is 2.18. The van der Waals surface area contributed by atoms with Gasteiger partial charge >= 0.3 is 5.97 Å². The lowest BCUT2D eigenvalue weighted by Gasteiger charge is -1.88. The fourth-order valence-corrected chi connectivity index (χ4v) is 0.698. The van der Waals surface area contributed by atoms with E-state index in [0.717, 1.165) is 0 Å². The van der Waals surface area contributed by atoms with Gasteiger partial charge in [0, 0.05) is 6.42 Å². The second kappa shape index (κ2) is 2.53. The lowest BCUT2D eigenvalue weighted by molar-refractivity contribution is -0.135. The number of hydrogen-bond donors (Lipinski definition) is 0. The van der Waals surface area contributed by atoms with Crippen LogP contribution in [0.2, 0.25) is 0 Å². The SMILES string of the molecule is CO/C=C1/CCOC1=O. The van der Waals surface area contributed by atoms with E-state index in [1.165, 1.54) is 13.4 Å². The number of carbonyl (C=O) groups is 1. The Morgan fingerprint density at radius 2 is 2.56 bits per heavy atom. The third-order valence-electron chi connectivity index (χ3n) is 1.13. The first kappa shape index (κ1) is 6.13. The van der Waals surface area contributed by atoms with Gasteiger partial charge in [0.1, 0.15) is 0 Å². The summed E-state index contributed by atoms with van der Waals surface area (Å²) in [4.78, 5) is 10.6. The first-order chi connectivity index (χ1) is 4.34. The van der Waals surface area contributed by atoms with Crippen LogP contribution in [-0.2, 0) is 14.3 Å². The molecule has 0 spiro atoms. The minimum atomic E-state index is -0.253. The van der Waals surface area contributed by atoms with Gasteiger partial charge in [-0.05, 0) is 0 Å². The van der Waals surface area contributed by atoms with Crippen molar-refractivity contribution in [3.05, 3.63) is 11.8 Å². The van der Waals surface area contributed by atoms with Crippen molar-refractivity contribution in [2.45, 2.75) is 6.42 Å². The quantitative estimate of drug-likeness (QED) is 0.292. The van der Waals surface area contributed by atoms with Crippen molar-refractivity contribution in [3.63, 3.8) is 0 Å². The van der Waals surface area contributed by atoms with Crippen LogP contribution in [0, 0.1) is 0 Å². The molecule has 0 N–H and O–H groups in total. The van der Waals surface area contributed by atoms with Crippen LogP contribution in [0.5, 0.6) is 0 Å². The summed E-state index contributed by atoms with van der Waals surface area (Å²) in [5, 5.41) is 0. The van der Waals surface area contributed by atoms with Gasteiger partial charge < -0.3 is 9.47 Å². The van der Waals surface area contributed by atoms with E-state index in [0.29, 0.717) is 18.6 Å². The Balaban J connectivity index is 2.59. The van der Waals surface area contributed by atoms with E-state index < -0.39 is 0 Å². The Morgan fingerprint density at radius 1 is 1.78 bits per heavy atom. The van der Waals surface area contributed by atoms with E-state index >= 15 is 0 Å². The van der Waals surface area contributed by atoms with Crippen LogP contribution in [0.1, 0.15) is 6.42 Å². The molecule has 0 amide bonds. The molecule has 3 heteroatoms. The monoisotopic (exact) mass is 128 g/mol. The summed E-state index contributed by atoms with van der Waals surface area (Å²) in [6.45, 7) is 0.494. The fourth-order valence-electron chi connectivity index (χ4n) is 0.698. The lowest BCUT2D eigenvalue weighted by Crippen LogP contribution is -1.94. The minimum absolute atomic E-state index is 0.253. The highest BCUT2D eigenvalue weighted by Crippen LogP contribution is 2.11. The van der Waals surface area contributed by atoms with Crippen LogP contribution in [0.3, 0.4) is 0 Å². The Labute approximate surface area is 53.3 Å². The maximum atomic E-state index is 10.6. The molecule has 0 aromatic heterocycles. The fraction of sp³-hybridized carbons (Fsp3) is 0.500. The van der Waals surface area contributed by atoms with E-state index in [9.17, 15) is 4.79 Å². The highest BCUT2D eigenvalue weighted by Gasteiger charge is 2.18. The predicted octanol–water partition coefficient (Wildman–Crippen LogP) is 0.464. The van der Waals surface area contributed by atoms with Gasteiger partial charge in [0.05, 0.1) is 25.6 Å². The average molecular weight is 128 g/mol. The van der Waals surface area contributed by atoms with Crippen molar-refractivity contribution in [1.29, 1.82) is 0 Å². The van der Waals surface area contributed by atoms with Crippen molar-refractivity contribution >= 4 is 5.97 Å². The number of esters is 1. The van der Waals surface area contributed by atoms with Crippen LogP contribution >= 0.6 is 0 Å². The molecule has 1 aliphatic rings. The first-order valence-corrected chi connectivity index (χ1v) is 2.73. The van der Waals surface area contributed by atoms with Gasteiger partial charge in [-0.3, -0.25) is 0 Å². The third-order valence-corrected chi connectivity index (χ3v) is 1.13. The molecule has 1 heterocycles. The second-order valence-corrected chi connectivity index (χ2v) is 1.76. The molecule has 0 aliphatic carbocycles. The molecule has 0 aromatic rings. The van der Waals surface area contributed by atoms with Crippen LogP contribution in [-0.4, -0.2) is 19.7 Å². The molecule has 1 rings (SSSR count). The van der Waals surface area contributed by atoms with Gasteiger partial charge in [-0.15, -0.1) is 0 Å². The zero-order valence-electron chi connectivity index (χ0n) is 5.22. The standard InChI is InChI=1S/C6H8O3/c1-8-4-5-2-3-9-6(5)7/h4H,2-3H2,1H3/b5-4-. The van der Waals surface area contributed by atoms with Crippen LogP contribution in [0.15, 0.2) is 11.8 Å². The summed E-state index contributed by atoms with van der Waals surface area (Å²) in [5.74, 6) is -0.253. The Morgan fingerprint density at radius 3 is 3.00 bits per heavy atom. The Bertz CT molecular complexity index is 148. The second-order valence-electron chi connectivity index (χ2n) is 1.76. The Hall–Kier alpha value is -0.990. The van der Waals surface area contributed by atoms with E-state index in [1.54, 1.807) is 0 Å². The zero-order valence-corrected chi connectivity index (χ0v) is 5.22. The maximum absolute atomic E-state index is 10.6. The smallest absolute Gasteiger partial charge is 0.337 e. The molecular weight excluding hydrogens is 120 g/mol. The van der Waals surface area contributed by atoms with Crippen LogP contribution in [0.25, 0.3) is 0 Å². The van der Waals surface area contributed by atoms with E-state index in [4.69, 9.17) is 0 Å². The molecule has 1 saturated heterocycles. The molecular formula is C6H8O3. The largest absolute Gasteiger partial charge is 0.504 e. The van der Waals surface area contributed by atoms with Gasteiger partial charge in [-0.1, -0.05) is 0 Å². The highest BCUT2D eigenvalue weighted by molar-refractivity contribution is 5.89. The lowest BCUT2D eigenvalue weighted by atomic mass is 10.3. The summed E-state index contributed by atoms with van der Waals surface area (Å²) < 4.78 is 9.26.